The quantitative estimate of drug-likeness (QED) is 0.749. The van der Waals surface area contributed by atoms with Crippen LogP contribution in [0.1, 0.15) is 29.2 Å². The fourth-order valence-corrected chi connectivity index (χ4v) is 1.61. The number of hydrogen-bond acceptors (Lipinski definition) is 5. The minimum atomic E-state index is -0.130. The molecule has 0 aliphatic rings. The molecule has 0 aromatic carbocycles. The van der Waals surface area contributed by atoms with Gasteiger partial charge in [0.05, 0.1) is 5.69 Å². The second-order valence-electron chi connectivity index (χ2n) is 3.01. The number of amides is 1. The Bertz CT molecular complexity index is 312. The molecule has 6 heteroatoms. The Morgan fingerprint density at radius 2 is 2.43 bits per heavy atom. The summed E-state index contributed by atoms with van der Waals surface area (Å²) in [6.07, 6.45) is 0.719. The van der Waals surface area contributed by atoms with Crippen molar-refractivity contribution in [3.8, 4) is 0 Å². The van der Waals surface area contributed by atoms with Gasteiger partial charge in [0.2, 0.25) is 0 Å². The average Bonchev–Trinajstić information content (AvgIpc) is 2.65. The van der Waals surface area contributed by atoms with E-state index < -0.39 is 0 Å². The van der Waals surface area contributed by atoms with Gasteiger partial charge in [-0.2, -0.15) is 0 Å². The second-order valence-corrected chi connectivity index (χ2v) is 3.77. The summed E-state index contributed by atoms with van der Waals surface area (Å²) >= 11 is 1.12. The van der Waals surface area contributed by atoms with Crippen LogP contribution in [-0.4, -0.2) is 28.1 Å². The van der Waals surface area contributed by atoms with Crippen LogP contribution in [-0.2, 0) is 6.42 Å². The SMILES string of the molecule is CCc1nnsc1C(=O)NC(C)CN. The van der Waals surface area contributed by atoms with E-state index in [0.29, 0.717) is 11.4 Å². The molecule has 1 rings (SSSR count). The van der Waals surface area contributed by atoms with Crippen LogP contribution in [0.2, 0.25) is 0 Å². The molecule has 1 aromatic heterocycles. The van der Waals surface area contributed by atoms with Crippen molar-refractivity contribution in [2.75, 3.05) is 6.54 Å². The maximum atomic E-state index is 11.6. The van der Waals surface area contributed by atoms with Gasteiger partial charge in [-0.3, -0.25) is 4.79 Å². The van der Waals surface area contributed by atoms with Crippen molar-refractivity contribution in [2.24, 2.45) is 5.73 Å². The molecule has 14 heavy (non-hydrogen) atoms. The van der Waals surface area contributed by atoms with Gasteiger partial charge in [-0.15, -0.1) is 5.10 Å². The van der Waals surface area contributed by atoms with Crippen LogP contribution < -0.4 is 11.1 Å². The molecule has 0 fully saturated rings. The molecule has 1 amide bonds. The average molecular weight is 214 g/mol. The standard InChI is InChI=1S/C8H14N4OS/c1-3-6-7(14-12-11-6)8(13)10-5(2)4-9/h5H,3-4,9H2,1-2H3,(H,10,13). The number of carbonyl (C=O) groups is 1. The molecule has 1 heterocycles. The summed E-state index contributed by atoms with van der Waals surface area (Å²) in [5, 5.41) is 6.64. The zero-order valence-electron chi connectivity index (χ0n) is 8.28. The number of aromatic nitrogens is 2. The third kappa shape index (κ3) is 2.49. The minimum absolute atomic E-state index is 0.0192. The highest BCUT2D eigenvalue weighted by Gasteiger charge is 2.15. The highest BCUT2D eigenvalue weighted by Crippen LogP contribution is 2.10. The first-order valence-electron chi connectivity index (χ1n) is 4.51. The normalized spacial score (nSPS) is 12.5. The maximum Gasteiger partial charge on any atom is 0.265 e. The summed E-state index contributed by atoms with van der Waals surface area (Å²) in [6, 6.07) is -0.0192. The van der Waals surface area contributed by atoms with Gasteiger partial charge in [0.25, 0.3) is 5.91 Å². The zero-order chi connectivity index (χ0) is 10.6. The second kappa shape index (κ2) is 5.02. The molecule has 0 bridgehead atoms. The third-order valence-corrected chi connectivity index (χ3v) is 2.59. The van der Waals surface area contributed by atoms with Crippen LogP contribution >= 0.6 is 11.5 Å². The first-order valence-corrected chi connectivity index (χ1v) is 5.28. The molecule has 5 nitrogen and oxygen atoms in total. The molecular weight excluding hydrogens is 200 g/mol. The summed E-state index contributed by atoms with van der Waals surface area (Å²) in [4.78, 5) is 12.2. The van der Waals surface area contributed by atoms with Crippen molar-refractivity contribution in [1.82, 2.24) is 14.9 Å². The van der Waals surface area contributed by atoms with E-state index in [4.69, 9.17) is 5.73 Å². The van der Waals surface area contributed by atoms with Crippen molar-refractivity contribution in [3.63, 3.8) is 0 Å². The molecule has 0 radical (unpaired) electrons. The topological polar surface area (TPSA) is 80.9 Å². The monoisotopic (exact) mass is 214 g/mol. The summed E-state index contributed by atoms with van der Waals surface area (Å²) in [5.74, 6) is -0.130. The fourth-order valence-electron chi connectivity index (χ4n) is 0.961. The van der Waals surface area contributed by atoms with Crippen molar-refractivity contribution in [1.29, 1.82) is 0 Å². The Morgan fingerprint density at radius 3 is 3.00 bits per heavy atom. The molecule has 0 aliphatic heterocycles. The molecule has 1 atom stereocenters. The third-order valence-electron chi connectivity index (χ3n) is 1.83. The van der Waals surface area contributed by atoms with Gasteiger partial charge in [0.1, 0.15) is 4.88 Å². The summed E-state index contributed by atoms with van der Waals surface area (Å²) < 4.78 is 3.75. The number of carbonyl (C=O) groups excluding carboxylic acids is 1. The number of nitrogens with two attached hydrogens (primary N) is 1. The summed E-state index contributed by atoms with van der Waals surface area (Å²) in [5.41, 5.74) is 6.15. The first-order chi connectivity index (χ1) is 6.69. The Balaban J connectivity index is 2.69. The number of nitrogens with one attached hydrogen (secondary N) is 1. The molecule has 0 aliphatic carbocycles. The molecule has 1 aromatic rings. The largest absolute Gasteiger partial charge is 0.348 e. The van der Waals surface area contributed by atoms with E-state index in [-0.39, 0.29) is 11.9 Å². The van der Waals surface area contributed by atoms with Crippen molar-refractivity contribution in [2.45, 2.75) is 26.3 Å². The van der Waals surface area contributed by atoms with Gasteiger partial charge in [-0.05, 0) is 24.9 Å². The molecule has 3 N–H and O–H groups in total. The molecule has 0 saturated carbocycles. The van der Waals surface area contributed by atoms with E-state index in [2.05, 4.69) is 14.9 Å². The predicted molar refractivity (Wildman–Crippen MR) is 55.3 cm³/mol. The number of rotatable bonds is 4. The van der Waals surface area contributed by atoms with Gasteiger partial charge in [0, 0.05) is 12.6 Å². The molecular formula is C8H14N4OS. The van der Waals surface area contributed by atoms with Gasteiger partial charge in [-0.1, -0.05) is 11.4 Å². The van der Waals surface area contributed by atoms with Gasteiger partial charge >= 0.3 is 0 Å². The molecule has 0 spiro atoms. The van der Waals surface area contributed by atoms with Gasteiger partial charge < -0.3 is 11.1 Å². The lowest BCUT2D eigenvalue weighted by Crippen LogP contribution is -2.37. The van der Waals surface area contributed by atoms with E-state index in [1.807, 2.05) is 13.8 Å². The summed E-state index contributed by atoms with van der Waals surface area (Å²) in [7, 11) is 0. The highest BCUT2D eigenvalue weighted by atomic mass is 32.1. The van der Waals surface area contributed by atoms with E-state index in [1.165, 1.54) is 0 Å². The van der Waals surface area contributed by atoms with Crippen LogP contribution in [0.25, 0.3) is 0 Å². The lowest BCUT2D eigenvalue weighted by atomic mass is 10.2. The Kier molecular flexibility index (Phi) is 3.97. The van der Waals surface area contributed by atoms with Crippen LogP contribution in [0.5, 0.6) is 0 Å². The Hall–Kier alpha value is -1.01. The minimum Gasteiger partial charge on any atom is -0.348 e. The van der Waals surface area contributed by atoms with Gasteiger partial charge in [0.15, 0.2) is 0 Å². The lowest BCUT2D eigenvalue weighted by Gasteiger charge is -2.09. The van der Waals surface area contributed by atoms with E-state index in [1.54, 1.807) is 0 Å². The molecule has 78 valence electrons. The predicted octanol–water partition coefficient (Wildman–Crippen LogP) is 0.178. The zero-order valence-corrected chi connectivity index (χ0v) is 9.10. The van der Waals surface area contributed by atoms with E-state index >= 15 is 0 Å². The van der Waals surface area contributed by atoms with Crippen LogP contribution in [0.3, 0.4) is 0 Å². The fraction of sp³-hybridized carbons (Fsp3) is 0.625. The van der Waals surface area contributed by atoms with E-state index in [9.17, 15) is 4.79 Å². The summed E-state index contributed by atoms with van der Waals surface area (Å²) in [6.45, 7) is 4.23. The van der Waals surface area contributed by atoms with Crippen molar-refractivity contribution < 1.29 is 4.79 Å². The van der Waals surface area contributed by atoms with Crippen LogP contribution in [0, 0.1) is 0 Å². The molecule has 0 saturated heterocycles. The van der Waals surface area contributed by atoms with Crippen LogP contribution in [0.4, 0.5) is 0 Å². The van der Waals surface area contributed by atoms with Crippen molar-refractivity contribution >= 4 is 17.4 Å². The molecule has 1 unspecified atom stereocenters. The Morgan fingerprint density at radius 1 is 1.71 bits per heavy atom. The maximum absolute atomic E-state index is 11.6. The van der Waals surface area contributed by atoms with Gasteiger partial charge in [-0.25, -0.2) is 0 Å². The van der Waals surface area contributed by atoms with Crippen molar-refractivity contribution in [3.05, 3.63) is 10.6 Å². The Labute approximate surface area is 86.9 Å². The van der Waals surface area contributed by atoms with E-state index in [0.717, 1.165) is 23.6 Å². The van der Waals surface area contributed by atoms with Crippen LogP contribution in [0.15, 0.2) is 0 Å². The first kappa shape index (κ1) is 11.1. The number of hydrogen-bond donors (Lipinski definition) is 2. The smallest absolute Gasteiger partial charge is 0.265 e. The lowest BCUT2D eigenvalue weighted by molar-refractivity contribution is 0.0944. The highest BCUT2D eigenvalue weighted by molar-refractivity contribution is 7.08. The number of nitrogens with zero attached hydrogens (tertiary/aromatic N) is 2. The number of aryl methyl sites for hydroxylation is 1.